The van der Waals surface area contributed by atoms with Crippen LogP contribution in [0.4, 0.5) is 5.69 Å². The van der Waals surface area contributed by atoms with Crippen molar-refractivity contribution in [2.24, 2.45) is 5.73 Å². The molecule has 0 aliphatic carbocycles. The number of benzene rings is 1. The third kappa shape index (κ3) is 2.89. The molecule has 1 saturated heterocycles. The molecule has 3 N–H and O–H groups in total. The summed E-state index contributed by atoms with van der Waals surface area (Å²) in [6.07, 6.45) is 0.955. The maximum atomic E-state index is 6.00. The number of ether oxygens (including phenoxy) is 1. The average molecular weight is 271 g/mol. The quantitative estimate of drug-likeness (QED) is 0.829. The van der Waals surface area contributed by atoms with E-state index in [-0.39, 0.29) is 5.54 Å². The van der Waals surface area contributed by atoms with Gasteiger partial charge in [0.15, 0.2) is 0 Å². The van der Waals surface area contributed by atoms with E-state index in [2.05, 4.69) is 12.2 Å². The topological polar surface area (TPSA) is 47.3 Å². The van der Waals surface area contributed by atoms with E-state index in [1.54, 1.807) is 6.07 Å². The molecule has 1 aromatic carbocycles. The Balaban J connectivity index is 2.30. The number of hydrogen-bond donors (Lipinski definition) is 2. The highest BCUT2D eigenvalue weighted by atomic mass is 35.5. The van der Waals surface area contributed by atoms with E-state index in [4.69, 9.17) is 34.3 Å². The lowest BCUT2D eigenvalue weighted by molar-refractivity contribution is 0.185. The van der Waals surface area contributed by atoms with Gasteiger partial charge >= 0.3 is 0 Å². The Morgan fingerprint density at radius 1 is 1.59 bits per heavy atom. The molecule has 3 nitrogen and oxygen atoms in total. The Kier molecular flexibility index (Phi) is 3.56. The predicted molar refractivity (Wildman–Crippen MR) is 74.8 cm³/mol. The number of anilines is 1. The van der Waals surface area contributed by atoms with Gasteiger partial charge in [-0.05, 0) is 31.5 Å². The van der Waals surface area contributed by atoms with Crippen molar-refractivity contribution in [2.45, 2.75) is 18.9 Å². The molecule has 0 amide bonds. The minimum Gasteiger partial charge on any atom is -0.389 e. The smallest absolute Gasteiger partial charge is 0.106 e. The third-order valence-electron chi connectivity index (χ3n) is 2.90. The molecule has 0 spiro atoms. The third-order valence-corrected chi connectivity index (χ3v) is 3.36. The molecule has 1 aliphatic heterocycles. The second kappa shape index (κ2) is 4.80. The number of rotatable bonds is 3. The number of nitrogens with two attached hydrogens (primary N) is 1. The van der Waals surface area contributed by atoms with Crippen molar-refractivity contribution in [3.8, 4) is 0 Å². The molecule has 17 heavy (non-hydrogen) atoms. The van der Waals surface area contributed by atoms with Gasteiger partial charge in [-0.2, -0.15) is 0 Å². The summed E-state index contributed by atoms with van der Waals surface area (Å²) in [6, 6.07) is 5.47. The van der Waals surface area contributed by atoms with Gasteiger partial charge in [-0.15, -0.1) is 0 Å². The van der Waals surface area contributed by atoms with Gasteiger partial charge in [-0.3, -0.25) is 0 Å². The number of hydrogen-bond acceptors (Lipinski definition) is 3. The molecule has 2 rings (SSSR count). The zero-order valence-electron chi connectivity index (χ0n) is 9.63. The van der Waals surface area contributed by atoms with Crippen LogP contribution in [0.1, 0.15) is 18.9 Å². The minimum absolute atomic E-state index is 0.0792. The second-order valence-corrected chi connectivity index (χ2v) is 5.42. The van der Waals surface area contributed by atoms with Gasteiger partial charge in [-0.25, -0.2) is 0 Å². The van der Waals surface area contributed by atoms with Crippen molar-refractivity contribution in [3.05, 3.63) is 28.8 Å². The summed E-state index contributed by atoms with van der Waals surface area (Å²) < 4.78 is 5.40. The Morgan fingerprint density at radius 2 is 2.35 bits per heavy atom. The van der Waals surface area contributed by atoms with E-state index in [0.29, 0.717) is 16.6 Å². The predicted octanol–water partition coefficient (Wildman–Crippen LogP) is 2.57. The summed E-state index contributed by atoms with van der Waals surface area (Å²) in [5.74, 6) is 0. The fraction of sp³-hybridized carbons (Fsp3) is 0.417. The normalized spacial score (nSPS) is 23.6. The lowest BCUT2D eigenvalue weighted by Gasteiger charge is -2.26. The standard InChI is InChI=1S/C12H15ClN2OS/c1-12(4-5-16-7-12)15-10-6-8(13)2-3-9(10)11(14)17/h2-3,6,15H,4-5,7H2,1H3,(H2,14,17). The molecular formula is C12H15ClN2OS. The summed E-state index contributed by atoms with van der Waals surface area (Å²) >= 11 is 11.0. The van der Waals surface area contributed by atoms with E-state index in [0.717, 1.165) is 24.3 Å². The lowest BCUT2D eigenvalue weighted by Crippen LogP contribution is -2.35. The van der Waals surface area contributed by atoms with Crippen LogP contribution in [0.25, 0.3) is 0 Å². The summed E-state index contributed by atoms with van der Waals surface area (Å²) in [6.45, 7) is 3.56. The van der Waals surface area contributed by atoms with E-state index >= 15 is 0 Å². The van der Waals surface area contributed by atoms with Gasteiger partial charge in [0.25, 0.3) is 0 Å². The Morgan fingerprint density at radius 3 is 2.94 bits per heavy atom. The van der Waals surface area contributed by atoms with Gasteiger partial charge in [-0.1, -0.05) is 23.8 Å². The van der Waals surface area contributed by atoms with E-state index in [1.165, 1.54) is 0 Å². The Bertz CT molecular complexity index is 444. The monoisotopic (exact) mass is 270 g/mol. The molecule has 5 heteroatoms. The first-order valence-electron chi connectivity index (χ1n) is 5.45. The summed E-state index contributed by atoms with van der Waals surface area (Å²) in [7, 11) is 0. The fourth-order valence-electron chi connectivity index (χ4n) is 1.93. The SMILES string of the molecule is CC1(Nc2cc(Cl)ccc2C(N)=S)CCOC1. The van der Waals surface area contributed by atoms with Crippen LogP contribution in [0, 0.1) is 0 Å². The van der Waals surface area contributed by atoms with E-state index in [1.807, 2.05) is 12.1 Å². The molecule has 1 aromatic rings. The maximum absolute atomic E-state index is 6.00. The van der Waals surface area contributed by atoms with Crippen LogP contribution in [-0.2, 0) is 4.74 Å². The van der Waals surface area contributed by atoms with Crippen molar-refractivity contribution in [1.29, 1.82) is 0 Å². The van der Waals surface area contributed by atoms with Gasteiger partial charge in [0.1, 0.15) is 4.99 Å². The van der Waals surface area contributed by atoms with Crippen LogP contribution in [0.5, 0.6) is 0 Å². The molecule has 1 atom stereocenters. The zero-order chi connectivity index (χ0) is 12.5. The van der Waals surface area contributed by atoms with Crippen LogP contribution in [-0.4, -0.2) is 23.7 Å². The number of thiocarbonyl (C=S) groups is 1. The fourth-order valence-corrected chi connectivity index (χ4v) is 2.28. The highest BCUT2D eigenvalue weighted by Crippen LogP contribution is 2.28. The molecular weight excluding hydrogens is 256 g/mol. The Hall–Kier alpha value is -0.840. The van der Waals surface area contributed by atoms with Gasteiger partial charge < -0.3 is 15.8 Å². The van der Waals surface area contributed by atoms with Crippen molar-refractivity contribution in [3.63, 3.8) is 0 Å². The first kappa shape index (κ1) is 12.6. The highest BCUT2D eigenvalue weighted by Gasteiger charge is 2.30. The molecule has 1 heterocycles. The van der Waals surface area contributed by atoms with E-state index in [9.17, 15) is 0 Å². The van der Waals surface area contributed by atoms with Crippen LogP contribution >= 0.6 is 23.8 Å². The van der Waals surface area contributed by atoms with Gasteiger partial charge in [0.2, 0.25) is 0 Å². The maximum Gasteiger partial charge on any atom is 0.106 e. The highest BCUT2D eigenvalue weighted by molar-refractivity contribution is 7.80. The molecule has 1 fully saturated rings. The molecule has 0 radical (unpaired) electrons. The van der Waals surface area contributed by atoms with Crippen molar-refractivity contribution < 1.29 is 4.74 Å². The van der Waals surface area contributed by atoms with Crippen LogP contribution in [0.15, 0.2) is 18.2 Å². The molecule has 0 bridgehead atoms. The Labute approximate surface area is 111 Å². The first-order chi connectivity index (χ1) is 8.00. The van der Waals surface area contributed by atoms with Crippen LogP contribution < -0.4 is 11.1 Å². The molecule has 1 aliphatic rings. The number of halogens is 1. The first-order valence-corrected chi connectivity index (χ1v) is 6.24. The molecule has 92 valence electrons. The van der Waals surface area contributed by atoms with Crippen molar-refractivity contribution in [2.75, 3.05) is 18.5 Å². The van der Waals surface area contributed by atoms with Gasteiger partial charge in [0.05, 0.1) is 12.1 Å². The lowest BCUT2D eigenvalue weighted by atomic mass is 10.0. The minimum atomic E-state index is -0.0792. The summed E-state index contributed by atoms with van der Waals surface area (Å²) in [4.78, 5) is 0.367. The van der Waals surface area contributed by atoms with Crippen molar-refractivity contribution in [1.82, 2.24) is 0 Å². The summed E-state index contributed by atoms with van der Waals surface area (Å²) in [5.41, 5.74) is 7.31. The van der Waals surface area contributed by atoms with Crippen LogP contribution in [0.3, 0.4) is 0 Å². The zero-order valence-corrected chi connectivity index (χ0v) is 11.2. The molecule has 1 unspecified atom stereocenters. The second-order valence-electron chi connectivity index (χ2n) is 4.54. The van der Waals surface area contributed by atoms with Gasteiger partial charge in [0, 0.05) is 22.9 Å². The van der Waals surface area contributed by atoms with E-state index < -0.39 is 0 Å². The number of nitrogens with one attached hydrogen (secondary N) is 1. The molecule has 0 saturated carbocycles. The largest absolute Gasteiger partial charge is 0.389 e. The van der Waals surface area contributed by atoms with Crippen molar-refractivity contribution >= 4 is 34.5 Å². The van der Waals surface area contributed by atoms with Crippen LogP contribution in [0.2, 0.25) is 5.02 Å². The summed E-state index contributed by atoms with van der Waals surface area (Å²) in [5, 5.41) is 4.09. The molecule has 0 aromatic heterocycles. The average Bonchev–Trinajstić information content (AvgIpc) is 2.64.